The van der Waals surface area contributed by atoms with E-state index in [1.807, 2.05) is 38.1 Å². The first kappa shape index (κ1) is 25.1. The van der Waals surface area contributed by atoms with E-state index in [9.17, 15) is 19.5 Å². The molecule has 0 radical (unpaired) electrons. The third kappa shape index (κ3) is 5.46. The van der Waals surface area contributed by atoms with Gasteiger partial charge in [-0.3, -0.25) is 4.79 Å². The van der Waals surface area contributed by atoms with Crippen LogP contribution in [0.3, 0.4) is 0 Å². The molecule has 9 heteroatoms. The molecular formula is C26H30N2O6S. The molecule has 35 heavy (non-hydrogen) atoms. The number of hydrogen-bond donors (Lipinski definition) is 2. The number of rotatable bonds is 9. The molecule has 2 atom stereocenters. The van der Waals surface area contributed by atoms with Gasteiger partial charge >= 0.3 is 12.1 Å². The quantitative estimate of drug-likeness (QED) is 0.510. The Hall–Kier alpha value is -3.04. The van der Waals surface area contributed by atoms with Crippen LogP contribution in [0.4, 0.5) is 4.79 Å². The van der Waals surface area contributed by atoms with Crippen molar-refractivity contribution in [2.24, 2.45) is 5.92 Å². The fourth-order valence-corrected chi connectivity index (χ4v) is 6.15. The maximum absolute atomic E-state index is 12.6. The van der Waals surface area contributed by atoms with E-state index in [1.165, 1.54) is 16.7 Å². The molecule has 2 amide bonds. The summed E-state index contributed by atoms with van der Waals surface area (Å²) in [5.41, 5.74) is 4.61. The minimum Gasteiger partial charge on any atom is -0.480 e. The van der Waals surface area contributed by atoms with Crippen molar-refractivity contribution in [3.8, 4) is 11.1 Å². The maximum Gasteiger partial charge on any atom is 0.407 e. The molecule has 0 saturated carbocycles. The summed E-state index contributed by atoms with van der Waals surface area (Å²) in [7, 11) is 0. The van der Waals surface area contributed by atoms with E-state index in [4.69, 9.17) is 9.47 Å². The fraction of sp³-hybridized carbons (Fsp3) is 0.423. The van der Waals surface area contributed by atoms with Gasteiger partial charge in [-0.05, 0) is 28.2 Å². The normalized spacial score (nSPS) is 18.9. The molecule has 2 unspecified atom stereocenters. The Kier molecular flexibility index (Phi) is 7.97. The second-order valence-electron chi connectivity index (χ2n) is 8.93. The minimum atomic E-state index is -1.01. The van der Waals surface area contributed by atoms with Crippen LogP contribution in [-0.4, -0.2) is 71.5 Å². The summed E-state index contributed by atoms with van der Waals surface area (Å²) < 4.78 is 10.9. The molecule has 8 nitrogen and oxygen atoms in total. The molecule has 0 aromatic heterocycles. The zero-order chi connectivity index (χ0) is 24.9. The Labute approximate surface area is 209 Å². The minimum absolute atomic E-state index is 0.0172. The fourth-order valence-electron chi connectivity index (χ4n) is 4.66. The molecule has 0 spiro atoms. The molecule has 2 aliphatic rings. The SMILES string of the molecule is CC(C)C1SCC(C(=O)O)N1C(=O)COCCNC(=O)OCC1c2ccccc2-c2ccccc21. The summed E-state index contributed by atoms with van der Waals surface area (Å²) in [6.07, 6.45) is -0.552. The lowest BCUT2D eigenvalue weighted by atomic mass is 9.98. The molecule has 1 heterocycles. The molecule has 2 aromatic carbocycles. The van der Waals surface area contributed by atoms with E-state index in [-0.39, 0.29) is 49.5 Å². The Morgan fingerprint density at radius 3 is 2.31 bits per heavy atom. The van der Waals surface area contributed by atoms with Crippen molar-refractivity contribution in [2.75, 3.05) is 32.1 Å². The largest absolute Gasteiger partial charge is 0.480 e. The molecule has 2 aromatic rings. The van der Waals surface area contributed by atoms with Gasteiger partial charge in [0.1, 0.15) is 19.3 Å². The number of carbonyl (C=O) groups excluding carboxylic acids is 2. The summed E-state index contributed by atoms with van der Waals surface area (Å²) in [4.78, 5) is 37.8. The number of aliphatic carboxylic acids is 1. The van der Waals surface area contributed by atoms with Gasteiger partial charge in [0.05, 0.1) is 12.0 Å². The Morgan fingerprint density at radius 1 is 1.09 bits per heavy atom. The summed E-state index contributed by atoms with van der Waals surface area (Å²) in [5, 5.41) is 11.9. The van der Waals surface area contributed by atoms with Crippen molar-refractivity contribution in [3.63, 3.8) is 0 Å². The van der Waals surface area contributed by atoms with Crippen LogP contribution in [0, 0.1) is 5.92 Å². The van der Waals surface area contributed by atoms with Crippen molar-refractivity contribution in [2.45, 2.75) is 31.2 Å². The van der Waals surface area contributed by atoms with E-state index in [2.05, 4.69) is 29.6 Å². The highest BCUT2D eigenvalue weighted by Gasteiger charge is 2.42. The molecular weight excluding hydrogens is 468 g/mol. The summed E-state index contributed by atoms with van der Waals surface area (Å²) in [6.45, 7) is 4.19. The summed E-state index contributed by atoms with van der Waals surface area (Å²) >= 11 is 1.47. The molecule has 2 N–H and O–H groups in total. The molecule has 1 aliphatic carbocycles. The zero-order valence-corrected chi connectivity index (χ0v) is 20.6. The Morgan fingerprint density at radius 2 is 1.71 bits per heavy atom. The molecule has 1 aliphatic heterocycles. The standard InChI is InChI=1S/C26H30N2O6S/c1-16(2)24-28(22(15-35-24)25(30)31)23(29)14-33-12-11-27-26(32)34-13-21-19-9-5-3-7-17(19)18-8-4-6-10-20(18)21/h3-10,16,21-22,24H,11-15H2,1-2H3,(H,27,32)(H,30,31). The van der Waals surface area contributed by atoms with E-state index in [1.54, 1.807) is 0 Å². The van der Waals surface area contributed by atoms with Gasteiger partial charge in [-0.2, -0.15) is 0 Å². The lowest BCUT2D eigenvalue weighted by molar-refractivity contribution is -0.151. The van der Waals surface area contributed by atoms with Crippen molar-refractivity contribution < 1.29 is 29.0 Å². The van der Waals surface area contributed by atoms with Crippen LogP contribution in [-0.2, 0) is 19.1 Å². The Bertz CT molecular complexity index is 1050. The zero-order valence-electron chi connectivity index (χ0n) is 19.8. The number of ether oxygens (including phenoxy) is 2. The summed E-state index contributed by atoms with van der Waals surface area (Å²) in [6, 6.07) is 15.4. The maximum atomic E-state index is 12.6. The first-order valence-corrected chi connectivity index (χ1v) is 12.8. The number of carboxylic acid groups (broad SMARTS) is 1. The van der Waals surface area contributed by atoms with E-state index < -0.39 is 18.1 Å². The number of nitrogens with zero attached hydrogens (tertiary/aromatic N) is 1. The van der Waals surface area contributed by atoms with Crippen LogP contribution in [0.1, 0.15) is 30.9 Å². The van der Waals surface area contributed by atoms with Crippen LogP contribution in [0.25, 0.3) is 11.1 Å². The van der Waals surface area contributed by atoms with E-state index in [0.717, 1.165) is 22.3 Å². The third-order valence-corrected chi connectivity index (χ3v) is 7.88. The predicted octanol–water partition coefficient (Wildman–Crippen LogP) is 3.55. The highest BCUT2D eigenvalue weighted by molar-refractivity contribution is 8.00. The topological polar surface area (TPSA) is 105 Å². The third-order valence-electron chi connectivity index (χ3n) is 6.26. The number of amides is 2. The summed E-state index contributed by atoms with van der Waals surface area (Å²) in [5.74, 6) is -0.888. The second-order valence-corrected chi connectivity index (χ2v) is 10.1. The molecule has 4 rings (SSSR count). The van der Waals surface area contributed by atoms with Gasteiger partial charge < -0.3 is 24.8 Å². The number of benzene rings is 2. The number of carboxylic acids is 1. The number of hydrogen-bond acceptors (Lipinski definition) is 6. The molecule has 1 fully saturated rings. The number of fused-ring (bicyclic) bond motifs is 3. The van der Waals surface area contributed by atoms with Crippen molar-refractivity contribution in [3.05, 3.63) is 59.7 Å². The first-order chi connectivity index (χ1) is 16.9. The van der Waals surface area contributed by atoms with Gasteiger partial charge in [0.25, 0.3) is 0 Å². The van der Waals surface area contributed by atoms with Gasteiger partial charge in [0.15, 0.2) is 0 Å². The number of alkyl carbamates (subject to hydrolysis) is 1. The highest BCUT2D eigenvalue weighted by Crippen LogP contribution is 2.44. The van der Waals surface area contributed by atoms with Crippen LogP contribution in [0.15, 0.2) is 48.5 Å². The molecule has 186 valence electrons. The van der Waals surface area contributed by atoms with Crippen molar-refractivity contribution >= 4 is 29.7 Å². The Balaban J connectivity index is 1.21. The molecule has 0 bridgehead atoms. The van der Waals surface area contributed by atoms with Crippen LogP contribution >= 0.6 is 11.8 Å². The van der Waals surface area contributed by atoms with Crippen LogP contribution in [0.2, 0.25) is 0 Å². The average Bonchev–Trinajstić information content (AvgIpc) is 3.43. The number of thioether (sulfide) groups is 1. The molecule has 1 saturated heterocycles. The van der Waals surface area contributed by atoms with Crippen molar-refractivity contribution in [1.29, 1.82) is 0 Å². The van der Waals surface area contributed by atoms with Gasteiger partial charge in [-0.25, -0.2) is 9.59 Å². The van der Waals surface area contributed by atoms with Gasteiger partial charge in [-0.15, -0.1) is 11.8 Å². The number of nitrogens with one attached hydrogen (secondary N) is 1. The lowest BCUT2D eigenvalue weighted by Crippen LogP contribution is -2.48. The first-order valence-electron chi connectivity index (χ1n) is 11.7. The van der Waals surface area contributed by atoms with E-state index >= 15 is 0 Å². The average molecular weight is 499 g/mol. The van der Waals surface area contributed by atoms with Gasteiger partial charge in [0.2, 0.25) is 5.91 Å². The smallest absolute Gasteiger partial charge is 0.407 e. The lowest BCUT2D eigenvalue weighted by Gasteiger charge is -2.29. The number of carbonyl (C=O) groups is 3. The van der Waals surface area contributed by atoms with Gasteiger partial charge in [-0.1, -0.05) is 62.4 Å². The van der Waals surface area contributed by atoms with E-state index in [0.29, 0.717) is 5.75 Å². The van der Waals surface area contributed by atoms with Crippen LogP contribution in [0.5, 0.6) is 0 Å². The second kappa shape index (κ2) is 11.1. The van der Waals surface area contributed by atoms with Gasteiger partial charge in [0, 0.05) is 18.2 Å². The predicted molar refractivity (Wildman–Crippen MR) is 133 cm³/mol. The van der Waals surface area contributed by atoms with Crippen LogP contribution < -0.4 is 5.32 Å². The monoisotopic (exact) mass is 498 g/mol. The highest BCUT2D eigenvalue weighted by atomic mass is 32.2. The van der Waals surface area contributed by atoms with Crippen molar-refractivity contribution in [1.82, 2.24) is 10.2 Å².